The van der Waals surface area contributed by atoms with E-state index in [1.807, 2.05) is 0 Å². The third-order valence-electron chi connectivity index (χ3n) is 2.26. The summed E-state index contributed by atoms with van der Waals surface area (Å²) >= 11 is 0. The Morgan fingerprint density at radius 2 is 2.33 bits per heavy atom. The summed E-state index contributed by atoms with van der Waals surface area (Å²) in [5.41, 5.74) is 0.385. The summed E-state index contributed by atoms with van der Waals surface area (Å²) in [6, 6.07) is 4.69. The average Bonchev–Trinajstić information content (AvgIpc) is 2.56. The molecular weight excluding hydrogens is 202 g/mol. The summed E-state index contributed by atoms with van der Waals surface area (Å²) in [7, 11) is 1.48. The van der Waals surface area contributed by atoms with Gasteiger partial charge in [0.1, 0.15) is 11.5 Å². The summed E-state index contributed by atoms with van der Waals surface area (Å²) in [5.74, 6) is 0.852. The fourth-order valence-corrected chi connectivity index (χ4v) is 1.50. The standard InChI is InChI=1S/C9H9NO5/c1-14-5-2-3-7-6(4-5)8(11)9(15-7)10(12)13/h2-4,8-9,11H,1H3/t8-,9-/m1/s1. The van der Waals surface area contributed by atoms with Crippen LogP contribution < -0.4 is 9.47 Å². The van der Waals surface area contributed by atoms with E-state index < -0.39 is 17.3 Å². The van der Waals surface area contributed by atoms with E-state index in [0.717, 1.165) is 0 Å². The molecule has 1 heterocycles. The number of benzene rings is 1. The molecule has 0 amide bonds. The van der Waals surface area contributed by atoms with Crippen molar-refractivity contribution in [3.8, 4) is 11.5 Å². The van der Waals surface area contributed by atoms with Gasteiger partial charge in [-0.2, -0.15) is 0 Å². The smallest absolute Gasteiger partial charge is 0.384 e. The molecule has 0 bridgehead atoms. The molecule has 0 radical (unpaired) electrons. The van der Waals surface area contributed by atoms with E-state index in [1.54, 1.807) is 12.1 Å². The van der Waals surface area contributed by atoms with Crippen LogP contribution in [0.3, 0.4) is 0 Å². The van der Waals surface area contributed by atoms with Crippen LogP contribution in [0.1, 0.15) is 11.7 Å². The van der Waals surface area contributed by atoms with Crippen LogP contribution in [-0.2, 0) is 0 Å². The van der Waals surface area contributed by atoms with Crippen LogP contribution in [0.15, 0.2) is 18.2 Å². The first-order valence-electron chi connectivity index (χ1n) is 4.29. The second kappa shape index (κ2) is 3.39. The first-order valence-corrected chi connectivity index (χ1v) is 4.29. The summed E-state index contributed by atoms with van der Waals surface area (Å²) < 4.78 is 9.92. The van der Waals surface area contributed by atoms with Gasteiger partial charge in [-0.25, -0.2) is 0 Å². The fourth-order valence-electron chi connectivity index (χ4n) is 1.50. The van der Waals surface area contributed by atoms with E-state index in [0.29, 0.717) is 17.1 Å². The van der Waals surface area contributed by atoms with Crippen molar-refractivity contribution in [2.75, 3.05) is 7.11 Å². The highest BCUT2D eigenvalue weighted by Crippen LogP contribution is 2.38. The predicted molar refractivity (Wildman–Crippen MR) is 49.4 cm³/mol. The molecule has 0 fully saturated rings. The molecule has 1 N–H and O–H groups in total. The Morgan fingerprint density at radius 3 is 2.93 bits per heavy atom. The number of aliphatic hydroxyl groups excluding tert-OH is 1. The first kappa shape index (κ1) is 9.72. The lowest BCUT2D eigenvalue weighted by molar-refractivity contribution is -0.572. The molecule has 6 heteroatoms. The molecule has 1 aliphatic heterocycles. The second-order valence-corrected chi connectivity index (χ2v) is 3.14. The van der Waals surface area contributed by atoms with Gasteiger partial charge in [0.2, 0.25) is 0 Å². The summed E-state index contributed by atoms with van der Waals surface area (Å²) in [4.78, 5) is 9.87. The van der Waals surface area contributed by atoms with Crippen molar-refractivity contribution < 1.29 is 19.5 Å². The molecule has 2 atom stereocenters. The molecule has 1 aliphatic rings. The van der Waals surface area contributed by atoms with Gasteiger partial charge in [-0.1, -0.05) is 0 Å². The quantitative estimate of drug-likeness (QED) is 0.575. The highest BCUT2D eigenvalue weighted by Gasteiger charge is 2.41. The van der Waals surface area contributed by atoms with Crippen LogP contribution in [0.4, 0.5) is 0 Å². The van der Waals surface area contributed by atoms with E-state index in [4.69, 9.17) is 9.47 Å². The Bertz CT molecular complexity index is 405. The number of hydrogen-bond donors (Lipinski definition) is 1. The van der Waals surface area contributed by atoms with Gasteiger partial charge in [0.15, 0.2) is 6.10 Å². The lowest BCUT2D eigenvalue weighted by Crippen LogP contribution is -2.27. The van der Waals surface area contributed by atoms with E-state index in [-0.39, 0.29) is 0 Å². The van der Waals surface area contributed by atoms with Gasteiger partial charge in [-0.3, -0.25) is 10.1 Å². The molecule has 0 spiro atoms. The number of nitro groups is 1. The molecule has 1 aromatic carbocycles. The summed E-state index contributed by atoms with van der Waals surface area (Å²) in [5, 5.41) is 20.1. The van der Waals surface area contributed by atoms with Gasteiger partial charge in [0.25, 0.3) is 0 Å². The minimum Gasteiger partial charge on any atom is -0.497 e. The first-order chi connectivity index (χ1) is 7.13. The van der Waals surface area contributed by atoms with E-state index >= 15 is 0 Å². The molecule has 0 aliphatic carbocycles. The number of ether oxygens (including phenoxy) is 2. The van der Waals surface area contributed by atoms with Crippen molar-refractivity contribution in [2.24, 2.45) is 0 Å². The summed E-state index contributed by atoms with van der Waals surface area (Å²) in [6.45, 7) is 0. The van der Waals surface area contributed by atoms with Crippen molar-refractivity contribution in [3.05, 3.63) is 33.9 Å². The van der Waals surface area contributed by atoms with Gasteiger partial charge >= 0.3 is 6.23 Å². The second-order valence-electron chi connectivity index (χ2n) is 3.14. The van der Waals surface area contributed by atoms with Gasteiger partial charge in [-0.05, 0) is 18.2 Å². The van der Waals surface area contributed by atoms with Crippen molar-refractivity contribution in [1.29, 1.82) is 0 Å². The van der Waals surface area contributed by atoms with E-state index in [2.05, 4.69) is 0 Å². The third kappa shape index (κ3) is 1.48. The predicted octanol–water partition coefficient (Wildman–Crippen LogP) is 0.724. The van der Waals surface area contributed by atoms with Crippen molar-refractivity contribution in [1.82, 2.24) is 0 Å². The maximum Gasteiger partial charge on any atom is 0.384 e. The molecule has 0 saturated carbocycles. The molecule has 0 unspecified atom stereocenters. The minimum atomic E-state index is -1.42. The van der Waals surface area contributed by atoms with Gasteiger partial charge in [0.05, 0.1) is 12.0 Å². The summed E-state index contributed by atoms with van der Waals surface area (Å²) in [6.07, 6.45) is -2.67. The minimum absolute atomic E-state index is 0.324. The number of rotatable bonds is 2. The lowest BCUT2D eigenvalue weighted by atomic mass is 10.1. The van der Waals surface area contributed by atoms with Gasteiger partial charge in [-0.15, -0.1) is 0 Å². The lowest BCUT2D eigenvalue weighted by Gasteiger charge is -2.04. The Morgan fingerprint density at radius 1 is 1.60 bits per heavy atom. The van der Waals surface area contributed by atoms with Crippen LogP contribution >= 0.6 is 0 Å². The highest BCUT2D eigenvalue weighted by atomic mass is 16.7. The van der Waals surface area contributed by atoms with Crippen LogP contribution in [0, 0.1) is 10.1 Å². The molecule has 2 rings (SSSR count). The van der Waals surface area contributed by atoms with Crippen molar-refractivity contribution in [3.63, 3.8) is 0 Å². The Kier molecular flexibility index (Phi) is 2.20. The molecule has 80 valence electrons. The van der Waals surface area contributed by atoms with E-state index in [9.17, 15) is 15.2 Å². The maximum atomic E-state index is 10.5. The molecular formula is C9H9NO5. The zero-order chi connectivity index (χ0) is 11.0. The number of methoxy groups -OCH3 is 1. The monoisotopic (exact) mass is 211 g/mol. The Hall–Kier alpha value is -1.82. The molecule has 0 saturated heterocycles. The van der Waals surface area contributed by atoms with Crippen LogP contribution in [0.25, 0.3) is 0 Å². The van der Waals surface area contributed by atoms with Crippen molar-refractivity contribution in [2.45, 2.75) is 12.3 Å². The van der Waals surface area contributed by atoms with Crippen LogP contribution in [0.5, 0.6) is 11.5 Å². The highest BCUT2D eigenvalue weighted by molar-refractivity contribution is 5.44. The van der Waals surface area contributed by atoms with Crippen molar-refractivity contribution >= 4 is 0 Å². The number of hydrogen-bond acceptors (Lipinski definition) is 5. The van der Waals surface area contributed by atoms with Gasteiger partial charge in [0, 0.05) is 5.56 Å². The maximum absolute atomic E-state index is 10.5. The molecule has 0 aromatic heterocycles. The normalized spacial score (nSPS) is 23.1. The SMILES string of the molecule is COc1ccc2c(c1)[C@@H](O)[C@H]([N+](=O)[O-])O2. The van der Waals surface area contributed by atoms with Crippen LogP contribution in [-0.4, -0.2) is 23.4 Å². The number of aliphatic hydroxyl groups is 1. The fraction of sp³-hybridized carbons (Fsp3) is 0.333. The topological polar surface area (TPSA) is 81.8 Å². The Balaban J connectivity index is 2.37. The zero-order valence-corrected chi connectivity index (χ0v) is 7.91. The Labute approximate surface area is 85.2 Å². The van der Waals surface area contributed by atoms with E-state index in [1.165, 1.54) is 13.2 Å². The number of nitrogens with zero attached hydrogens (tertiary/aromatic N) is 1. The largest absolute Gasteiger partial charge is 0.497 e. The number of fused-ring (bicyclic) bond motifs is 1. The molecule has 6 nitrogen and oxygen atoms in total. The molecule has 15 heavy (non-hydrogen) atoms. The third-order valence-corrected chi connectivity index (χ3v) is 2.26. The zero-order valence-electron chi connectivity index (χ0n) is 7.91. The average molecular weight is 211 g/mol. The van der Waals surface area contributed by atoms with Gasteiger partial charge < -0.3 is 14.6 Å². The van der Waals surface area contributed by atoms with Crippen LogP contribution in [0.2, 0.25) is 0 Å². The molecule has 1 aromatic rings.